The number of benzene rings is 2. The molecule has 1 aliphatic rings. The number of hydrogen-bond acceptors (Lipinski definition) is 5. The fourth-order valence-corrected chi connectivity index (χ4v) is 4.85. The van der Waals surface area contributed by atoms with Crippen LogP contribution in [0.4, 0.5) is 5.69 Å². The molecule has 1 atom stereocenters. The van der Waals surface area contributed by atoms with Gasteiger partial charge in [0.1, 0.15) is 0 Å². The van der Waals surface area contributed by atoms with Crippen molar-refractivity contribution in [3.63, 3.8) is 0 Å². The van der Waals surface area contributed by atoms with Crippen LogP contribution in [0.15, 0.2) is 48.5 Å². The number of ketones is 1. The molecule has 2 aromatic rings. The van der Waals surface area contributed by atoms with Gasteiger partial charge in [-0.3, -0.25) is 14.5 Å². The van der Waals surface area contributed by atoms with Crippen molar-refractivity contribution >= 4 is 17.4 Å². The van der Waals surface area contributed by atoms with Gasteiger partial charge in [0.15, 0.2) is 5.78 Å². The maximum absolute atomic E-state index is 13.8. The maximum Gasteiger partial charge on any atom is 0.253 e. The molecular formula is C28H40N4O2. The van der Waals surface area contributed by atoms with Crippen molar-refractivity contribution in [2.75, 3.05) is 58.3 Å². The SMILES string of the molecule is CCN(CC)C(=O)c1ccc(CC(CC)(C(=O)c2ccc(N3CCNCC3)cc2)N(C)C)cc1. The predicted molar refractivity (Wildman–Crippen MR) is 140 cm³/mol. The van der Waals surface area contributed by atoms with Gasteiger partial charge >= 0.3 is 0 Å². The molecule has 3 rings (SSSR count). The molecule has 0 aliphatic carbocycles. The average molecular weight is 465 g/mol. The molecule has 0 aromatic heterocycles. The predicted octanol–water partition coefficient (Wildman–Crippen LogP) is 3.71. The van der Waals surface area contributed by atoms with Crippen LogP contribution >= 0.6 is 0 Å². The minimum Gasteiger partial charge on any atom is -0.369 e. The number of likely N-dealkylation sites (N-methyl/N-ethyl adjacent to an activating group) is 1. The van der Waals surface area contributed by atoms with Crippen LogP contribution < -0.4 is 10.2 Å². The highest BCUT2D eigenvalue weighted by Crippen LogP contribution is 2.29. The number of nitrogens with one attached hydrogen (secondary N) is 1. The Morgan fingerprint density at radius 2 is 1.44 bits per heavy atom. The molecule has 0 radical (unpaired) electrons. The number of Topliss-reactive ketones (excluding diaryl/α,β-unsaturated/α-hetero) is 1. The first-order valence-corrected chi connectivity index (χ1v) is 12.5. The van der Waals surface area contributed by atoms with E-state index in [0.717, 1.165) is 37.3 Å². The van der Waals surface area contributed by atoms with Crippen molar-refractivity contribution < 1.29 is 9.59 Å². The van der Waals surface area contributed by atoms with E-state index >= 15 is 0 Å². The molecule has 1 saturated heterocycles. The lowest BCUT2D eigenvalue weighted by molar-refractivity contribution is 0.0665. The first-order chi connectivity index (χ1) is 16.4. The number of carbonyl (C=O) groups excluding carboxylic acids is 2. The minimum atomic E-state index is -0.652. The zero-order valence-corrected chi connectivity index (χ0v) is 21.4. The smallest absolute Gasteiger partial charge is 0.253 e. The van der Waals surface area contributed by atoms with Crippen molar-refractivity contribution in [2.24, 2.45) is 0 Å². The largest absolute Gasteiger partial charge is 0.369 e. The van der Waals surface area contributed by atoms with Crippen molar-refractivity contribution in [1.29, 1.82) is 0 Å². The summed E-state index contributed by atoms with van der Waals surface area (Å²) in [6, 6.07) is 15.8. The van der Waals surface area contributed by atoms with E-state index in [4.69, 9.17) is 0 Å². The average Bonchev–Trinajstić information content (AvgIpc) is 2.88. The van der Waals surface area contributed by atoms with E-state index in [-0.39, 0.29) is 11.7 Å². The Kier molecular flexibility index (Phi) is 8.86. The van der Waals surface area contributed by atoms with Gasteiger partial charge in [-0.1, -0.05) is 19.1 Å². The second kappa shape index (κ2) is 11.6. The molecule has 2 aromatic carbocycles. The summed E-state index contributed by atoms with van der Waals surface area (Å²) in [5.41, 5.74) is 2.99. The molecule has 1 amide bonds. The Morgan fingerprint density at radius 1 is 0.882 bits per heavy atom. The molecule has 0 saturated carbocycles. The standard InChI is InChI=1S/C28H40N4O2/c1-6-28(30(4)5,21-22-9-11-24(12-10-22)27(34)31(7-2)8-3)26(33)23-13-15-25(16-14-23)32-19-17-29-18-20-32/h9-16,29H,6-8,17-21H2,1-5H3. The summed E-state index contributed by atoms with van der Waals surface area (Å²) < 4.78 is 0. The van der Waals surface area contributed by atoms with E-state index in [0.29, 0.717) is 31.5 Å². The third-order valence-corrected chi connectivity index (χ3v) is 7.22. The molecule has 6 heteroatoms. The lowest BCUT2D eigenvalue weighted by Gasteiger charge is -2.38. The van der Waals surface area contributed by atoms with Crippen LogP contribution in [-0.2, 0) is 6.42 Å². The number of amides is 1. The van der Waals surface area contributed by atoms with E-state index in [2.05, 4.69) is 34.2 Å². The first kappa shape index (κ1) is 25.9. The number of piperazine rings is 1. The van der Waals surface area contributed by atoms with E-state index in [1.165, 1.54) is 5.69 Å². The molecule has 1 fully saturated rings. The molecule has 1 unspecified atom stereocenters. The number of anilines is 1. The molecule has 1 N–H and O–H groups in total. The zero-order valence-electron chi connectivity index (χ0n) is 21.4. The highest BCUT2D eigenvalue weighted by Gasteiger charge is 2.39. The maximum atomic E-state index is 13.8. The van der Waals surface area contributed by atoms with Crippen LogP contribution in [0.25, 0.3) is 0 Å². The van der Waals surface area contributed by atoms with Crippen LogP contribution in [0.2, 0.25) is 0 Å². The summed E-state index contributed by atoms with van der Waals surface area (Å²) in [5.74, 6) is 0.182. The van der Waals surface area contributed by atoms with Crippen LogP contribution in [0.3, 0.4) is 0 Å². The summed E-state index contributed by atoms with van der Waals surface area (Å²) in [5, 5.41) is 3.38. The van der Waals surface area contributed by atoms with Gasteiger partial charge in [0.05, 0.1) is 5.54 Å². The van der Waals surface area contributed by atoms with E-state index < -0.39 is 5.54 Å². The van der Waals surface area contributed by atoms with Crippen molar-refractivity contribution in [3.05, 3.63) is 65.2 Å². The van der Waals surface area contributed by atoms with Gasteiger partial charge < -0.3 is 15.1 Å². The lowest BCUT2D eigenvalue weighted by atomic mass is 9.80. The molecule has 1 heterocycles. The summed E-state index contributed by atoms with van der Waals surface area (Å²) in [7, 11) is 3.96. The Bertz CT molecular complexity index is 945. The Morgan fingerprint density at radius 3 is 1.94 bits per heavy atom. The second-order valence-corrected chi connectivity index (χ2v) is 9.24. The quantitative estimate of drug-likeness (QED) is 0.543. The molecule has 184 valence electrons. The minimum absolute atomic E-state index is 0.0477. The summed E-state index contributed by atoms with van der Waals surface area (Å²) in [6.45, 7) is 11.4. The topological polar surface area (TPSA) is 55.9 Å². The van der Waals surface area contributed by atoms with E-state index in [1.54, 1.807) is 0 Å². The normalized spacial score (nSPS) is 15.8. The number of rotatable bonds is 10. The highest BCUT2D eigenvalue weighted by molar-refractivity contribution is 6.03. The van der Waals surface area contributed by atoms with Gasteiger partial charge in [0.2, 0.25) is 0 Å². The summed E-state index contributed by atoms with van der Waals surface area (Å²) in [4.78, 5) is 32.7. The second-order valence-electron chi connectivity index (χ2n) is 9.24. The van der Waals surface area contributed by atoms with Gasteiger partial charge in [0.25, 0.3) is 5.91 Å². The molecule has 6 nitrogen and oxygen atoms in total. The third kappa shape index (κ3) is 5.50. The van der Waals surface area contributed by atoms with Crippen LogP contribution in [0, 0.1) is 0 Å². The number of hydrogen-bond donors (Lipinski definition) is 1. The number of carbonyl (C=O) groups is 2. The first-order valence-electron chi connectivity index (χ1n) is 12.5. The molecule has 0 spiro atoms. The van der Waals surface area contributed by atoms with E-state index in [9.17, 15) is 9.59 Å². The van der Waals surface area contributed by atoms with Crippen LogP contribution in [0.1, 0.15) is 53.5 Å². The van der Waals surface area contributed by atoms with Crippen LogP contribution in [0.5, 0.6) is 0 Å². The van der Waals surface area contributed by atoms with Crippen molar-refractivity contribution in [3.8, 4) is 0 Å². The Labute approximate surface area is 204 Å². The lowest BCUT2D eigenvalue weighted by Crippen LogP contribution is -2.52. The summed E-state index contributed by atoms with van der Waals surface area (Å²) >= 11 is 0. The third-order valence-electron chi connectivity index (χ3n) is 7.22. The van der Waals surface area contributed by atoms with Gasteiger partial charge in [-0.05, 0) is 82.7 Å². The molecule has 34 heavy (non-hydrogen) atoms. The van der Waals surface area contributed by atoms with Gasteiger partial charge in [-0.2, -0.15) is 0 Å². The zero-order chi connectivity index (χ0) is 24.7. The fourth-order valence-electron chi connectivity index (χ4n) is 4.85. The van der Waals surface area contributed by atoms with Gasteiger partial charge in [-0.15, -0.1) is 0 Å². The Hall–Kier alpha value is -2.70. The van der Waals surface area contributed by atoms with E-state index in [1.807, 2.05) is 69.2 Å². The van der Waals surface area contributed by atoms with Crippen molar-refractivity contribution in [1.82, 2.24) is 15.1 Å². The Balaban J connectivity index is 1.81. The highest BCUT2D eigenvalue weighted by atomic mass is 16.2. The number of nitrogens with zero attached hydrogens (tertiary/aromatic N) is 3. The molecular weight excluding hydrogens is 424 g/mol. The molecule has 1 aliphatic heterocycles. The molecule has 0 bridgehead atoms. The summed E-state index contributed by atoms with van der Waals surface area (Å²) in [6.07, 6.45) is 1.28. The monoisotopic (exact) mass is 464 g/mol. The van der Waals surface area contributed by atoms with Gasteiger partial charge in [-0.25, -0.2) is 0 Å². The fraction of sp³-hybridized carbons (Fsp3) is 0.500. The van der Waals surface area contributed by atoms with Gasteiger partial charge in [0, 0.05) is 56.1 Å². The van der Waals surface area contributed by atoms with Crippen LogP contribution in [-0.4, -0.2) is 80.4 Å². The van der Waals surface area contributed by atoms with Crippen molar-refractivity contribution in [2.45, 2.75) is 39.2 Å².